The van der Waals surface area contributed by atoms with E-state index in [1.165, 1.54) is 5.56 Å². The Hall–Kier alpha value is -1.59. The summed E-state index contributed by atoms with van der Waals surface area (Å²) in [5.41, 5.74) is 2.04. The first-order valence-corrected chi connectivity index (χ1v) is 6.86. The van der Waals surface area contributed by atoms with Gasteiger partial charge in [-0.05, 0) is 31.0 Å². The first-order chi connectivity index (χ1) is 9.61. The van der Waals surface area contributed by atoms with Gasteiger partial charge in [-0.25, -0.2) is 0 Å². The van der Waals surface area contributed by atoms with E-state index < -0.39 is 0 Å². The number of carbonyl (C=O) groups is 1. The summed E-state index contributed by atoms with van der Waals surface area (Å²) in [6, 6.07) is 6.38. The first-order valence-electron chi connectivity index (χ1n) is 6.86. The molecule has 0 fully saturated rings. The van der Waals surface area contributed by atoms with Gasteiger partial charge >= 0.3 is 0 Å². The van der Waals surface area contributed by atoms with Crippen LogP contribution in [0.15, 0.2) is 18.2 Å². The number of amides is 1. The monoisotopic (exact) mass is 278 g/mol. The minimum Gasteiger partial charge on any atom is -0.482 e. The molecule has 1 aliphatic heterocycles. The van der Waals surface area contributed by atoms with Crippen LogP contribution in [0.2, 0.25) is 0 Å². The molecule has 0 saturated heterocycles. The number of fused-ring (bicyclic) bond motifs is 1. The van der Waals surface area contributed by atoms with E-state index in [2.05, 4.69) is 18.3 Å². The standard InChI is InChI=1S/C15H22N2O3/c1-11(16-6-7-19-3)8-12-4-5-14-13(9-12)17(2)15(18)10-20-14/h4-5,9,11,16H,6-8,10H2,1-3H3. The molecular formula is C15H22N2O3. The Labute approximate surface area is 119 Å². The summed E-state index contributed by atoms with van der Waals surface area (Å²) >= 11 is 0. The van der Waals surface area contributed by atoms with Crippen LogP contribution in [-0.2, 0) is 16.0 Å². The molecule has 2 rings (SSSR count). The normalized spacial score (nSPS) is 15.8. The average molecular weight is 278 g/mol. The van der Waals surface area contributed by atoms with Gasteiger partial charge in [0.15, 0.2) is 6.61 Å². The zero-order chi connectivity index (χ0) is 14.5. The number of anilines is 1. The number of likely N-dealkylation sites (N-methyl/N-ethyl adjacent to an activating group) is 1. The van der Waals surface area contributed by atoms with E-state index >= 15 is 0 Å². The molecule has 1 aromatic carbocycles. The molecule has 0 radical (unpaired) electrons. The van der Waals surface area contributed by atoms with Crippen molar-refractivity contribution >= 4 is 11.6 Å². The van der Waals surface area contributed by atoms with Crippen molar-refractivity contribution in [2.24, 2.45) is 0 Å². The van der Waals surface area contributed by atoms with Gasteiger partial charge in [0.1, 0.15) is 5.75 Å². The smallest absolute Gasteiger partial charge is 0.264 e. The van der Waals surface area contributed by atoms with Crippen molar-refractivity contribution in [2.75, 3.05) is 38.8 Å². The van der Waals surface area contributed by atoms with Crippen LogP contribution in [0, 0.1) is 0 Å². The number of hydrogen-bond donors (Lipinski definition) is 1. The minimum atomic E-state index is -0.0130. The molecule has 20 heavy (non-hydrogen) atoms. The summed E-state index contributed by atoms with van der Waals surface area (Å²) in [5, 5.41) is 3.40. The number of methoxy groups -OCH3 is 1. The summed E-state index contributed by atoms with van der Waals surface area (Å²) in [7, 11) is 3.48. The van der Waals surface area contributed by atoms with Gasteiger partial charge in [-0.1, -0.05) is 6.07 Å². The van der Waals surface area contributed by atoms with Crippen LogP contribution in [0.1, 0.15) is 12.5 Å². The largest absolute Gasteiger partial charge is 0.482 e. The van der Waals surface area contributed by atoms with Crippen molar-refractivity contribution in [2.45, 2.75) is 19.4 Å². The third-order valence-corrected chi connectivity index (χ3v) is 3.45. The van der Waals surface area contributed by atoms with E-state index in [1.54, 1.807) is 19.1 Å². The lowest BCUT2D eigenvalue weighted by Crippen LogP contribution is -2.35. The van der Waals surface area contributed by atoms with E-state index in [1.807, 2.05) is 12.1 Å². The third kappa shape index (κ3) is 3.49. The van der Waals surface area contributed by atoms with Crippen LogP contribution in [0.25, 0.3) is 0 Å². The summed E-state index contributed by atoms with van der Waals surface area (Å²) in [4.78, 5) is 13.3. The van der Waals surface area contributed by atoms with Crippen molar-refractivity contribution in [3.05, 3.63) is 23.8 Å². The molecule has 5 nitrogen and oxygen atoms in total. The molecular weight excluding hydrogens is 256 g/mol. The highest BCUT2D eigenvalue weighted by Gasteiger charge is 2.22. The average Bonchev–Trinajstić information content (AvgIpc) is 2.44. The predicted molar refractivity (Wildman–Crippen MR) is 78.4 cm³/mol. The SMILES string of the molecule is COCCNC(C)Cc1ccc2c(c1)N(C)C(=O)CO2. The van der Waals surface area contributed by atoms with Crippen LogP contribution in [0.4, 0.5) is 5.69 Å². The second-order valence-electron chi connectivity index (χ2n) is 5.10. The van der Waals surface area contributed by atoms with Gasteiger partial charge in [0.25, 0.3) is 5.91 Å². The zero-order valence-corrected chi connectivity index (χ0v) is 12.3. The van der Waals surface area contributed by atoms with Crippen molar-refractivity contribution < 1.29 is 14.3 Å². The number of ether oxygens (including phenoxy) is 2. The van der Waals surface area contributed by atoms with Crippen molar-refractivity contribution in [1.82, 2.24) is 5.32 Å². The second-order valence-corrected chi connectivity index (χ2v) is 5.10. The maximum atomic E-state index is 11.6. The minimum absolute atomic E-state index is 0.0130. The Bertz CT molecular complexity index is 476. The van der Waals surface area contributed by atoms with E-state index in [0.717, 1.165) is 24.4 Å². The molecule has 110 valence electrons. The quantitative estimate of drug-likeness (QED) is 0.795. The highest BCUT2D eigenvalue weighted by molar-refractivity contribution is 5.97. The number of carbonyl (C=O) groups excluding carboxylic acids is 1. The third-order valence-electron chi connectivity index (χ3n) is 3.45. The van der Waals surface area contributed by atoms with E-state index in [0.29, 0.717) is 12.6 Å². The lowest BCUT2D eigenvalue weighted by molar-refractivity contribution is -0.120. The summed E-state index contributed by atoms with van der Waals surface area (Å²) in [6.07, 6.45) is 0.902. The molecule has 1 N–H and O–H groups in total. The van der Waals surface area contributed by atoms with Gasteiger partial charge in [0.2, 0.25) is 0 Å². The van der Waals surface area contributed by atoms with E-state index in [4.69, 9.17) is 9.47 Å². The van der Waals surface area contributed by atoms with Crippen molar-refractivity contribution in [3.8, 4) is 5.75 Å². The molecule has 1 amide bonds. The van der Waals surface area contributed by atoms with Crippen LogP contribution in [0.3, 0.4) is 0 Å². The molecule has 0 saturated carbocycles. The van der Waals surface area contributed by atoms with Gasteiger partial charge in [0.05, 0.1) is 12.3 Å². The van der Waals surface area contributed by atoms with Crippen LogP contribution in [-0.4, -0.2) is 45.9 Å². The number of rotatable bonds is 6. The number of nitrogens with zero attached hydrogens (tertiary/aromatic N) is 1. The van der Waals surface area contributed by atoms with Gasteiger partial charge in [-0.3, -0.25) is 4.79 Å². The Balaban J connectivity index is 2.01. The summed E-state index contributed by atoms with van der Waals surface area (Å²) < 4.78 is 10.4. The highest BCUT2D eigenvalue weighted by atomic mass is 16.5. The lowest BCUT2D eigenvalue weighted by atomic mass is 10.0. The number of hydrogen-bond acceptors (Lipinski definition) is 4. The fourth-order valence-electron chi connectivity index (χ4n) is 2.28. The molecule has 1 aliphatic rings. The Morgan fingerprint density at radius 1 is 1.50 bits per heavy atom. The van der Waals surface area contributed by atoms with E-state index in [9.17, 15) is 4.79 Å². The van der Waals surface area contributed by atoms with Crippen LogP contribution >= 0.6 is 0 Å². The zero-order valence-electron chi connectivity index (χ0n) is 12.3. The molecule has 1 unspecified atom stereocenters. The molecule has 0 bridgehead atoms. The number of nitrogens with one attached hydrogen (secondary N) is 1. The first kappa shape index (κ1) is 14.8. The van der Waals surface area contributed by atoms with Crippen molar-refractivity contribution in [1.29, 1.82) is 0 Å². The fraction of sp³-hybridized carbons (Fsp3) is 0.533. The molecule has 0 aromatic heterocycles. The van der Waals surface area contributed by atoms with Crippen LogP contribution in [0.5, 0.6) is 5.75 Å². The predicted octanol–water partition coefficient (Wildman–Crippen LogP) is 1.21. The maximum Gasteiger partial charge on any atom is 0.264 e. The Kier molecular flexibility index (Phi) is 4.98. The summed E-state index contributed by atoms with van der Waals surface area (Å²) in [6.45, 7) is 3.81. The van der Waals surface area contributed by atoms with Crippen LogP contribution < -0.4 is 15.0 Å². The molecule has 1 aromatic rings. The maximum absolute atomic E-state index is 11.6. The number of benzene rings is 1. The van der Waals surface area contributed by atoms with Gasteiger partial charge in [0, 0.05) is 26.7 Å². The Morgan fingerprint density at radius 3 is 3.05 bits per heavy atom. The van der Waals surface area contributed by atoms with Gasteiger partial charge < -0.3 is 19.7 Å². The molecule has 1 heterocycles. The van der Waals surface area contributed by atoms with Gasteiger partial charge in [-0.2, -0.15) is 0 Å². The topological polar surface area (TPSA) is 50.8 Å². The molecule has 0 aliphatic carbocycles. The highest BCUT2D eigenvalue weighted by Crippen LogP contribution is 2.32. The molecule has 5 heteroatoms. The molecule has 0 spiro atoms. The Morgan fingerprint density at radius 2 is 2.30 bits per heavy atom. The van der Waals surface area contributed by atoms with E-state index in [-0.39, 0.29) is 12.5 Å². The fourth-order valence-corrected chi connectivity index (χ4v) is 2.28. The summed E-state index contributed by atoms with van der Waals surface area (Å²) in [5.74, 6) is 0.761. The van der Waals surface area contributed by atoms with Gasteiger partial charge in [-0.15, -0.1) is 0 Å². The van der Waals surface area contributed by atoms with Crippen molar-refractivity contribution in [3.63, 3.8) is 0 Å². The lowest BCUT2D eigenvalue weighted by Gasteiger charge is -2.26. The molecule has 1 atom stereocenters. The second kappa shape index (κ2) is 6.72.